The number of likely N-dealkylation sites (tertiary alicyclic amines) is 1. The van der Waals surface area contributed by atoms with Crippen molar-refractivity contribution in [1.82, 2.24) is 4.90 Å². The van der Waals surface area contributed by atoms with Crippen molar-refractivity contribution in [2.24, 2.45) is 5.92 Å². The molecule has 1 aromatic rings. The molecule has 1 heterocycles. The highest BCUT2D eigenvalue weighted by Gasteiger charge is 2.36. The molecule has 20 heavy (non-hydrogen) atoms. The first-order valence-corrected chi connectivity index (χ1v) is 6.85. The minimum atomic E-state index is -4.49. The maximum absolute atomic E-state index is 12.9. The van der Waals surface area contributed by atoms with Gasteiger partial charge in [0, 0.05) is 13.1 Å². The van der Waals surface area contributed by atoms with Crippen LogP contribution in [0.2, 0.25) is 0 Å². The van der Waals surface area contributed by atoms with Gasteiger partial charge in [0.2, 0.25) is 0 Å². The average molecular weight is 285 g/mol. The van der Waals surface area contributed by atoms with Crippen molar-refractivity contribution in [1.29, 1.82) is 0 Å². The number of hydrogen-bond donors (Lipinski definition) is 0. The molecule has 0 saturated carbocycles. The lowest BCUT2D eigenvalue weighted by Gasteiger charge is -2.22. The molecule has 1 unspecified atom stereocenters. The second kappa shape index (κ2) is 5.85. The van der Waals surface area contributed by atoms with Gasteiger partial charge >= 0.3 is 6.18 Å². The largest absolute Gasteiger partial charge is 0.417 e. The predicted octanol–water partition coefficient (Wildman–Crippen LogP) is 3.97. The summed E-state index contributed by atoms with van der Waals surface area (Å²) in [6.07, 6.45) is -1.78. The van der Waals surface area contributed by atoms with Crippen molar-refractivity contribution in [3.05, 3.63) is 35.4 Å². The maximum atomic E-state index is 12.9. The van der Waals surface area contributed by atoms with Gasteiger partial charge in [-0.3, -0.25) is 4.79 Å². The first-order valence-electron chi connectivity index (χ1n) is 6.85. The summed E-state index contributed by atoms with van der Waals surface area (Å²) in [6, 6.07) is 5.01. The van der Waals surface area contributed by atoms with Crippen LogP contribution in [0.4, 0.5) is 13.2 Å². The number of carbonyl (C=O) groups excluding carboxylic acids is 1. The highest BCUT2D eigenvalue weighted by molar-refractivity contribution is 5.95. The molecule has 0 radical (unpaired) electrons. The second-order valence-corrected chi connectivity index (χ2v) is 5.37. The highest BCUT2D eigenvalue weighted by Crippen LogP contribution is 2.32. The standard InChI is InChI=1S/C15H18F3NO/c1-11-5-4-9-19(10-8-11)14(20)12-6-2-3-7-13(12)15(16,17)18/h2-3,6-7,11H,4-5,8-10H2,1H3. The van der Waals surface area contributed by atoms with Gasteiger partial charge in [-0.1, -0.05) is 19.1 Å². The van der Waals surface area contributed by atoms with Crippen LogP contribution in [0, 0.1) is 5.92 Å². The summed E-state index contributed by atoms with van der Waals surface area (Å²) in [5.74, 6) is 0.0117. The molecule has 1 fully saturated rings. The van der Waals surface area contributed by atoms with Crippen LogP contribution < -0.4 is 0 Å². The lowest BCUT2D eigenvalue weighted by atomic mass is 10.0. The molecule has 0 N–H and O–H groups in total. The number of benzene rings is 1. The molecule has 2 nitrogen and oxygen atoms in total. The third-order valence-corrected chi connectivity index (χ3v) is 3.77. The van der Waals surface area contributed by atoms with Gasteiger partial charge < -0.3 is 4.90 Å². The highest BCUT2D eigenvalue weighted by atomic mass is 19.4. The minimum absolute atomic E-state index is 0.241. The topological polar surface area (TPSA) is 20.3 Å². The Morgan fingerprint density at radius 2 is 1.90 bits per heavy atom. The van der Waals surface area contributed by atoms with E-state index in [0.29, 0.717) is 19.0 Å². The first-order chi connectivity index (χ1) is 9.39. The van der Waals surface area contributed by atoms with Crippen LogP contribution in [0.3, 0.4) is 0 Å². The Morgan fingerprint density at radius 1 is 1.20 bits per heavy atom. The number of amides is 1. The molecular formula is C15H18F3NO. The Kier molecular flexibility index (Phi) is 4.35. The monoisotopic (exact) mass is 285 g/mol. The van der Waals surface area contributed by atoms with Crippen LogP contribution in [0.5, 0.6) is 0 Å². The Bertz CT molecular complexity index is 484. The molecule has 2 rings (SSSR count). The fourth-order valence-electron chi connectivity index (χ4n) is 2.55. The van der Waals surface area contributed by atoms with Crippen LogP contribution in [0.1, 0.15) is 42.1 Å². The van der Waals surface area contributed by atoms with E-state index in [1.165, 1.54) is 18.2 Å². The Balaban J connectivity index is 2.25. The number of rotatable bonds is 1. The lowest BCUT2D eigenvalue weighted by Crippen LogP contribution is -2.33. The smallest absolute Gasteiger partial charge is 0.339 e. The van der Waals surface area contributed by atoms with Crippen molar-refractivity contribution in [2.75, 3.05) is 13.1 Å². The van der Waals surface area contributed by atoms with E-state index in [2.05, 4.69) is 6.92 Å². The first kappa shape index (κ1) is 14.9. The van der Waals surface area contributed by atoms with Crippen molar-refractivity contribution in [2.45, 2.75) is 32.4 Å². The zero-order valence-electron chi connectivity index (χ0n) is 11.4. The van der Waals surface area contributed by atoms with Crippen molar-refractivity contribution >= 4 is 5.91 Å². The van der Waals surface area contributed by atoms with Gasteiger partial charge in [-0.15, -0.1) is 0 Å². The van der Waals surface area contributed by atoms with Crippen LogP contribution >= 0.6 is 0 Å². The Morgan fingerprint density at radius 3 is 2.60 bits per heavy atom. The van der Waals surface area contributed by atoms with E-state index < -0.39 is 17.6 Å². The van der Waals surface area contributed by atoms with Gasteiger partial charge in [0.25, 0.3) is 5.91 Å². The van der Waals surface area contributed by atoms with Crippen molar-refractivity contribution < 1.29 is 18.0 Å². The fourth-order valence-corrected chi connectivity index (χ4v) is 2.55. The quantitative estimate of drug-likeness (QED) is 0.764. The van der Waals surface area contributed by atoms with Crippen LogP contribution in [0.15, 0.2) is 24.3 Å². The molecule has 110 valence electrons. The van der Waals surface area contributed by atoms with E-state index in [0.717, 1.165) is 25.3 Å². The van der Waals surface area contributed by atoms with Crippen molar-refractivity contribution in [3.8, 4) is 0 Å². The zero-order chi connectivity index (χ0) is 14.8. The third-order valence-electron chi connectivity index (χ3n) is 3.77. The normalized spacial score (nSPS) is 20.6. The summed E-state index contributed by atoms with van der Waals surface area (Å²) < 4.78 is 38.8. The second-order valence-electron chi connectivity index (χ2n) is 5.37. The van der Waals surface area contributed by atoms with E-state index in [4.69, 9.17) is 0 Å². The third kappa shape index (κ3) is 3.32. The molecule has 0 aromatic heterocycles. The molecule has 1 aliphatic rings. The fraction of sp³-hybridized carbons (Fsp3) is 0.533. The Labute approximate surface area is 116 Å². The molecule has 1 aromatic carbocycles. The molecule has 0 spiro atoms. The Hall–Kier alpha value is -1.52. The van der Waals surface area contributed by atoms with E-state index in [1.54, 1.807) is 4.90 Å². The van der Waals surface area contributed by atoms with Gasteiger partial charge in [0.05, 0.1) is 11.1 Å². The summed E-state index contributed by atoms with van der Waals surface area (Å²) in [5.41, 5.74) is -1.09. The molecule has 0 bridgehead atoms. The van der Waals surface area contributed by atoms with Crippen molar-refractivity contribution in [3.63, 3.8) is 0 Å². The predicted molar refractivity (Wildman–Crippen MR) is 70.4 cm³/mol. The van der Waals surface area contributed by atoms with Gasteiger partial charge in [0.15, 0.2) is 0 Å². The van der Waals surface area contributed by atoms with Gasteiger partial charge in [-0.25, -0.2) is 0 Å². The molecule has 0 aliphatic carbocycles. The van der Waals surface area contributed by atoms with E-state index >= 15 is 0 Å². The SMILES string of the molecule is CC1CCCN(C(=O)c2ccccc2C(F)(F)F)CC1. The van der Waals surface area contributed by atoms with Crippen LogP contribution in [-0.2, 0) is 6.18 Å². The molecule has 1 aliphatic heterocycles. The molecule has 1 saturated heterocycles. The summed E-state index contributed by atoms with van der Waals surface area (Å²) in [7, 11) is 0. The van der Waals surface area contributed by atoms with Gasteiger partial charge in [-0.2, -0.15) is 13.2 Å². The lowest BCUT2D eigenvalue weighted by molar-refractivity contribution is -0.138. The summed E-state index contributed by atoms with van der Waals surface area (Å²) in [5, 5.41) is 0. The van der Waals surface area contributed by atoms with Crippen LogP contribution in [0.25, 0.3) is 0 Å². The number of carbonyl (C=O) groups is 1. The molecule has 1 amide bonds. The van der Waals surface area contributed by atoms with E-state index in [1.807, 2.05) is 0 Å². The average Bonchev–Trinajstić information content (AvgIpc) is 2.62. The minimum Gasteiger partial charge on any atom is -0.339 e. The number of halogens is 3. The maximum Gasteiger partial charge on any atom is 0.417 e. The summed E-state index contributed by atoms with van der Waals surface area (Å²) >= 11 is 0. The molecule has 1 atom stereocenters. The van der Waals surface area contributed by atoms with Crippen LogP contribution in [-0.4, -0.2) is 23.9 Å². The summed E-state index contributed by atoms with van der Waals surface area (Å²) in [6.45, 7) is 3.18. The van der Waals surface area contributed by atoms with E-state index in [-0.39, 0.29) is 5.56 Å². The number of hydrogen-bond acceptors (Lipinski definition) is 1. The van der Waals surface area contributed by atoms with Gasteiger partial charge in [0.1, 0.15) is 0 Å². The number of alkyl halides is 3. The molecule has 5 heteroatoms. The van der Waals surface area contributed by atoms with Gasteiger partial charge in [-0.05, 0) is 37.3 Å². The zero-order valence-corrected chi connectivity index (χ0v) is 11.4. The number of nitrogens with zero attached hydrogens (tertiary/aromatic N) is 1. The van der Waals surface area contributed by atoms with E-state index in [9.17, 15) is 18.0 Å². The summed E-state index contributed by atoms with van der Waals surface area (Å²) in [4.78, 5) is 13.9. The molecular weight excluding hydrogens is 267 g/mol.